The summed E-state index contributed by atoms with van der Waals surface area (Å²) < 4.78 is 11.1. The molecule has 0 aliphatic rings. The number of carbonyl (C=O) groups is 1. The zero-order valence-corrected chi connectivity index (χ0v) is 17.1. The van der Waals surface area contributed by atoms with Crippen LogP contribution in [0.25, 0.3) is 11.0 Å². The van der Waals surface area contributed by atoms with Crippen LogP contribution in [-0.2, 0) is 17.8 Å². The van der Waals surface area contributed by atoms with Gasteiger partial charge in [-0.1, -0.05) is 30.3 Å². The van der Waals surface area contributed by atoms with Crippen LogP contribution in [0.15, 0.2) is 82.3 Å². The molecule has 2 aromatic heterocycles. The van der Waals surface area contributed by atoms with Crippen molar-refractivity contribution >= 4 is 16.9 Å². The molecule has 0 saturated carbocycles. The Labute approximate surface area is 179 Å². The van der Waals surface area contributed by atoms with E-state index in [1.807, 2.05) is 55.5 Å². The molecule has 0 atom stereocenters. The number of hydrogen-bond donors (Lipinski definition) is 1. The molecule has 0 spiro atoms. The van der Waals surface area contributed by atoms with Crippen molar-refractivity contribution in [3.05, 3.63) is 106 Å². The molecule has 0 fully saturated rings. The highest BCUT2D eigenvalue weighted by molar-refractivity contribution is 5.83. The van der Waals surface area contributed by atoms with E-state index in [1.54, 1.807) is 24.5 Å². The van der Waals surface area contributed by atoms with E-state index in [4.69, 9.17) is 9.15 Å². The van der Waals surface area contributed by atoms with Gasteiger partial charge in [-0.05, 0) is 47.9 Å². The van der Waals surface area contributed by atoms with E-state index in [2.05, 4.69) is 10.3 Å². The molecule has 2 heterocycles. The smallest absolute Gasteiger partial charge is 0.340 e. The monoisotopic (exact) mass is 414 g/mol. The number of rotatable bonds is 7. The minimum atomic E-state index is -0.360. The Bertz CT molecular complexity index is 1250. The van der Waals surface area contributed by atoms with Gasteiger partial charge in [0.15, 0.2) is 6.61 Å². The molecule has 0 radical (unpaired) electrons. The van der Waals surface area contributed by atoms with E-state index in [0.29, 0.717) is 29.9 Å². The van der Waals surface area contributed by atoms with Crippen molar-refractivity contribution in [2.45, 2.75) is 19.9 Å². The fraction of sp³-hybridized carbons (Fsp3) is 0.160. The number of benzene rings is 2. The summed E-state index contributed by atoms with van der Waals surface area (Å²) in [5.41, 5.74) is 3.61. The summed E-state index contributed by atoms with van der Waals surface area (Å²) in [6.07, 6.45) is 3.86. The van der Waals surface area contributed by atoms with E-state index < -0.39 is 0 Å². The van der Waals surface area contributed by atoms with Crippen molar-refractivity contribution in [2.75, 3.05) is 6.61 Å². The van der Waals surface area contributed by atoms with Crippen LogP contribution in [0.5, 0.6) is 5.75 Å². The van der Waals surface area contributed by atoms with Gasteiger partial charge in [0.25, 0.3) is 5.91 Å². The summed E-state index contributed by atoms with van der Waals surface area (Å²) in [5, 5.41) is 3.64. The van der Waals surface area contributed by atoms with Gasteiger partial charge in [-0.15, -0.1) is 0 Å². The first-order valence-corrected chi connectivity index (χ1v) is 9.99. The second-order valence-electron chi connectivity index (χ2n) is 7.23. The van der Waals surface area contributed by atoms with Gasteiger partial charge in [0.2, 0.25) is 0 Å². The molecular weight excluding hydrogens is 392 g/mol. The maximum absolute atomic E-state index is 12.6. The Hall–Kier alpha value is -3.93. The molecule has 6 heteroatoms. The average molecular weight is 414 g/mol. The minimum Gasteiger partial charge on any atom is -0.484 e. The highest BCUT2D eigenvalue weighted by atomic mass is 16.5. The lowest BCUT2D eigenvalue weighted by Crippen LogP contribution is -2.28. The third-order valence-electron chi connectivity index (χ3n) is 5.09. The second kappa shape index (κ2) is 9.26. The Kier molecular flexibility index (Phi) is 6.08. The molecule has 4 rings (SSSR count). The molecule has 31 heavy (non-hydrogen) atoms. The third kappa shape index (κ3) is 4.98. The van der Waals surface area contributed by atoms with Gasteiger partial charge in [0.1, 0.15) is 11.3 Å². The number of fused-ring (bicyclic) bond motifs is 1. The number of nitrogens with one attached hydrogen (secondary N) is 1. The van der Waals surface area contributed by atoms with Gasteiger partial charge in [-0.25, -0.2) is 4.79 Å². The molecule has 4 aromatic rings. The number of carbonyl (C=O) groups excluding carboxylic acids is 1. The fourth-order valence-electron chi connectivity index (χ4n) is 3.37. The largest absolute Gasteiger partial charge is 0.484 e. The Morgan fingerprint density at radius 3 is 2.58 bits per heavy atom. The first-order chi connectivity index (χ1) is 15.1. The van der Waals surface area contributed by atoms with Crippen LogP contribution in [0.3, 0.4) is 0 Å². The van der Waals surface area contributed by atoms with Crippen molar-refractivity contribution in [1.82, 2.24) is 10.3 Å². The van der Waals surface area contributed by atoms with Crippen molar-refractivity contribution in [3.8, 4) is 5.75 Å². The summed E-state index contributed by atoms with van der Waals surface area (Å²) in [4.78, 5) is 28.6. The number of aromatic nitrogens is 1. The second-order valence-corrected chi connectivity index (χ2v) is 7.23. The van der Waals surface area contributed by atoms with E-state index in [0.717, 1.165) is 22.1 Å². The van der Waals surface area contributed by atoms with Crippen molar-refractivity contribution in [1.29, 1.82) is 0 Å². The molecule has 0 saturated heterocycles. The van der Waals surface area contributed by atoms with Gasteiger partial charge in [-0.3, -0.25) is 9.78 Å². The zero-order valence-electron chi connectivity index (χ0n) is 17.1. The Balaban J connectivity index is 1.45. The van der Waals surface area contributed by atoms with Gasteiger partial charge < -0.3 is 14.5 Å². The summed E-state index contributed by atoms with van der Waals surface area (Å²) in [7, 11) is 0. The van der Waals surface area contributed by atoms with Crippen LogP contribution >= 0.6 is 0 Å². The van der Waals surface area contributed by atoms with E-state index in [-0.39, 0.29) is 18.1 Å². The first kappa shape index (κ1) is 20.3. The summed E-state index contributed by atoms with van der Waals surface area (Å²) in [5.74, 6) is 0.220. The molecule has 6 nitrogen and oxygen atoms in total. The van der Waals surface area contributed by atoms with Crippen LogP contribution in [0.2, 0.25) is 0 Å². The molecule has 1 N–H and O–H groups in total. The normalized spacial score (nSPS) is 10.7. The van der Waals surface area contributed by atoms with Crippen LogP contribution < -0.4 is 15.7 Å². The molecule has 2 aromatic carbocycles. The molecule has 0 bridgehead atoms. The fourth-order valence-corrected chi connectivity index (χ4v) is 3.37. The van der Waals surface area contributed by atoms with Crippen molar-refractivity contribution in [2.24, 2.45) is 0 Å². The van der Waals surface area contributed by atoms with Crippen molar-refractivity contribution < 1.29 is 13.9 Å². The lowest BCUT2D eigenvalue weighted by Gasteiger charge is -2.10. The number of hydrogen-bond acceptors (Lipinski definition) is 5. The number of aryl methyl sites for hydroxylation is 1. The van der Waals surface area contributed by atoms with Crippen LogP contribution in [0.1, 0.15) is 22.3 Å². The maximum Gasteiger partial charge on any atom is 0.340 e. The highest BCUT2D eigenvalue weighted by Gasteiger charge is 2.13. The Morgan fingerprint density at radius 2 is 1.81 bits per heavy atom. The highest BCUT2D eigenvalue weighted by Crippen LogP contribution is 2.25. The standard InChI is InChI=1S/C25H22N2O4/c1-17-21-8-7-20(30-16-24(28)27-15-19-9-11-26-12-10-19)14-23(21)31-25(29)22(17)13-18-5-3-2-4-6-18/h2-12,14H,13,15-16H2,1H3,(H,27,28). The van der Waals surface area contributed by atoms with Gasteiger partial charge in [-0.2, -0.15) is 0 Å². The predicted molar refractivity (Wildman–Crippen MR) is 118 cm³/mol. The van der Waals surface area contributed by atoms with Crippen LogP contribution in [-0.4, -0.2) is 17.5 Å². The number of pyridine rings is 1. The Morgan fingerprint density at radius 1 is 1.03 bits per heavy atom. The number of ether oxygens (including phenoxy) is 1. The quantitative estimate of drug-likeness (QED) is 0.466. The topological polar surface area (TPSA) is 81.4 Å². The van der Waals surface area contributed by atoms with E-state index in [9.17, 15) is 9.59 Å². The molecule has 0 aliphatic carbocycles. The van der Waals surface area contributed by atoms with E-state index >= 15 is 0 Å². The zero-order chi connectivity index (χ0) is 21.6. The van der Waals surface area contributed by atoms with Crippen LogP contribution in [0.4, 0.5) is 0 Å². The minimum absolute atomic E-state index is 0.133. The summed E-state index contributed by atoms with van der Waals surface area (Å²) in [6.45, 7) is 2.19. The lowest BCUT2D eigenvalue weighted by molar-refractivity contribution is -0.123. The summed E-state index contributed by atoms with van der Waals surface area (Å²) in [6, 6.07) is 18.8. The van der Waals surface area contributed by atoms with E-state index in [1.165, 1.54) is 0 Å². The first-order valence-electron chi connectivity index (χ1n) is 9.99. The molecule has 0 unspecified atom stereocenters. The summed E-state index contributed by atoms with van der Waals surface area (Å²) >= 11 is 0. The maximum atomic E-state index is 12.6. The SMILES string of the molecule is Cc1c(Cc2ccccc2)c(=O)oc2cc(OCC(=O)NCc3ccncc3)ccc12. The van der Waals surface area contributed by atoms with Gasteiger partial charge >= 0.3 is 5.63 Å². The molecular formula is C25H22N2O4. The molecule has 0 aliphatic heterocycles. The predicted octanol–water partition coefficient (Wildman–Crippen LogP) is 3.78. The van der Waals surface area contributed by atoms with Crippen LogP contribution in [0, 0.1) is 6.92 Å². The molecule has 1 amide bonds. The average Bonchev–Trinajstić information content (AvgIpc) is 2.80. The lowest BCUT2D eigenvalue weighted by atomic mass is 10.00. The number of amides is 1. The molecule has 156 valence electrons. The third-order valence-corrected chi connectivity index (χ3v) is 5.09. The van der Waals surface area contributed by atoms with Gasteiger partial charge in [0, 0.05) is 42.4 Å². The number of nitrogens with zero attached hydrogens (tertiary/aromatic N) is 1. The van der Waals surface area contributed by atoms with Gasteiger partial charge in [0.05, 0.1) is 0 Å². The van der Waals surface area contributed by atoms with Crippen molar-refractivity contribution in [3.63, 3.8) is 0 Å².